The van der Waals surface area contributed by atoms with Crippen molar-refractivity contribution in [3.8, 4) is 0 Å². The van der Waals surface area contributed by atoms with E-state index in [2.05, 4.69) is 15.9 Å². The Labute approximate surface area is 84.1 Å². The van der Waals surface area contributed by atoms with Crippen LogP contribution in [0.25, 0.3) is 0 Å². The van der Waals surface area contributed by atoms with Crippen LogP contribution in [0.2, 0.25) is 0 Å². The molecule has 0 heterocycles. The Hall–Kier alpha value is -0.700. The molecule has 1 aromatic rings. The Balaban J connectivity index is 2.29. The van der Waals surface area contributed by atoms with Crippen molar-refractivity contribution in [3.63, 3.8) is 0 Å². The zero-order chi connectivity index (χ0) is 9.42. The average molecular weight is 243 g/mol. The molecule has 68 valence electrons. The predicted molar refractivity (Wildman–Crippen MR) is 51.1 cm³/mol. The molecule has 1 nitrogen and oxygen atoms in total. The van der Waals surface area contributed by atoms with E-state index in [4.69, 9.17) is 0 Å². The van der Waals surface area contributed by atoms with E-state index in [1.165, 1.54) is 6.07 Å². The molecule has 0 atom stereocenters. The predicted octanol–water partition coefficient (Wildman–Crippen LogP) is 3.03. The first-order chi connectivity index (χ1) is 6.16. The zero-order valence-corrected chi connectivity index (χ0v) is 8.47. The number of hydrogen-bond acceptors (Lipinski definition) is 1. The van der Waals surface area contributed by atoms with Gasteiger partial charge in [-0.1, -0.05) is 15.9 Å². The minimum absolute atomic E-state index is 0.102. The molecule has 1 aromatic carbocycles. The molecule has 2 rings (SSSR count). The van der Waals surface area contributed by atoms with Crippen LogP contribution in [0.5, 0.6) is 0 Å². The first kappa shape index (κ1) is 8.88. The van der Waals surface area contributed by atoms with Gasteiger partial charge in [-0.05, 0) is 23.8 Å². The molecular formula is C10H8BrFO. The summed E-state index contributed by atoms with van der Waals surface area (Å²) >= 11 is 3.28. The van der Waals surface area contributed by atoms with Gasteiger partial charge in [0.1, 0.15) is 11.6 Å². The fourth-order valence-corrected chi connectivity index (χ4v) is 1.92. The van der Waals surface area contributed by atoms with Gasteiger partial charge in [0, 0.05) is 23.2 Å². The van der Waals surface area contributed by atoms with Crippen molar-refractivity contribution in [2.75, 3.05) is 0 Å². The van der Waals surface area contributed by atoms with Gasteiger partial charge in [-0.2, -0.15) is 0 Å². The average Bonchev–Trinajstić information content (AvgIpc) is 2.04. The highest BCUT2D eigenvalue weighted by Crippen LogP contribution is 2.36. The van der Waals surface area contributed by atoms with Crippen molar-refractivity contribution in [1.82, 2.24) is 0 Å². The van der Waals surface area contributed by atoms with Gasteiger partial charge < -0.3 is 0 Å². The van der Waals surface area contributed by atoms with Crippen molar-refractivity contribution in [2.24, 2.45) is 0 Å². The maximum atomic E-state index is 13.2. The molecule has 0 N–H and O–H groups in total. The number of Topliss-reactive ketones (excluding diaryl/α,β-unsaturated/α-hetero) is 1. The zero-order valence-electron chi connectivity index (χ0n) is 6.89. The summed E-state index contributed by atoms with van der Waals surface area (Å²) in [4.78, 5) is 10.7. The molecular weight excluding hydrogens is 235 g/mol. The highest BCUT2D eigenvalue weighted by Gasteiger charge is 2.29. The summed E-state index contributed by atoms with van der Waals surface area (Å²) in [6.45, 7) is 0. The molecule has 3 heteroatoms. The summed E-state index contributed by atoms with van der Waals surface area (Å²) in [5.41, 5.74) is 0.661. The molecule has 13 heavy (non-hydrogen) atoms. The molecule has 0 spiro atoms. The monoisotopic (exact) mass is 242 g/mol. The standard InChI is InChI=1S/C10H8BrFO/c11-7-1-2-10(12)9(5-7)6-3-8(13)4-6/h1-2,5-6H,3-4H2. The van der Waals surface area contributed by atoms with Crippen LogP contribution in [0.4, 0.5) is 4.39 Å². The lowest BCUT2D eigenvalue weighted by Gasteiger charge is -2.24. The van der Waals surface area contributed by atoms with Crippen molar-refractivity contribution < 1.29 is 9.18 Å². The van der Waals surface area contributed by atoms with Crippen LogP contribution in [-0.4, -0.2) is 5.78 Å². The summed E-state index contributed by atoms with van der Waals surface area (Å²) in [5, 5.41) is 0. The van der Waals surface area contributed by atoms with E-state index in [1.54, 1.807) is 12.1 Å². The summed E-state index contributed by atoms with van der Waals surface area (Å²) in [7, 11) is 0. The molecule has 1 aliphatic rings. The Bertz CT molecular complexity index is 354. The smallest absolute Gasteiger partial charge is 0.134 e. The maximum Gasteiger partial charge on any atom is 0.134 e. The molecule has 0 saturated heterocycles. The minimum atomic E-state index is -0.208. The van der Waals surface area contributed by atoms with Crippen LogP contribution in [0.1, 0.15) is 24.3 Å². The fourth-order valence-electron chi connectivity index (χ4n) is 1.54. The van der Waals surface area contributed by atoms with Crippen molar-refractivity contribution in [3.05, 3.63) is 34.1 Å². The van der Waals surface area contributed by atoms with Crippen LogP contribution in [0, 0.1) is 5.82 Å². The number of ketones is 1. The van der Waals surface area contributed by atoms with Gasteiger partial charge in [0.05, 0.1) is 0 Å². The second-order valence-electron chi connectivity index (χ2n) is 3.31. The van der Waals surface area contributed by atoms with Gasteiger partial charge in [0.15, 0.2) is 0 Å². The lowest BCUT2D eigenvalue weighted by molar-refractivity contribution is -0.124. The highest BCUT2D eigenvalue weighted by molar-refractivity contribution is 9.10. The van der Waals surface area contributed by atoms with Crippen LogP contribution in [-0.2, 0) is 4.79 Å². The SMILES string of the molecule is O=C1CC(c2cc(Br)ccc2F)C1. The Morgan fingerprint density at radius 2 is 2.08 bits per heavy atom. The number of benzene rings is 1. The third-order valence-electron chi connectivity index (χ3n) is 2.35. The fraction of sp³-hybridized carbons (Fsp3) is 0.300. The summed E-state index contributed by atoms with van der Waals surface area (Å²) in [6, 6.07) is 4.86. The number of rotatable bonds is 1. The number of halogens is 2. The molecule has 0 aromatic heterocycles. The van der Waals surface area contributed by atoms with Gasteiger partial charge in [-0.25, -0.2) is 4.39 Å². The molecule has 1 saturated carbocycles. The molecule has 0 radical (unpaired) electrons. The number of carbonyl (C=O) groups is 1. The van der Waals surface area contributed by atoms with Crippen LogP contribution >= 0.6 is 15.9 Å². The molecule has 0 amide bonds. The van der Waals surface area contributed by atoms with Crippen LogP contribution in [0.3, 0.4) is 0 Å². The first-order valence-electron chi connectivity index (χ1n) is 4.13. The van der Waals surface area contributed by atoms with E-state index in [0.717, 1.165) is 4.47 Å². The number of hydrogen-bond donors (Lipinski definition) is 0. The molecule has 0 aliphatic heterocycles. The van der Waals surface area contributed by atoms with Crippen LogP contribution in [0.15, 0.2) is 22.7 Å². The van der Waals surface area contributed by atoms with E-state index >= 15 is 0 Å². The summed E-state index contributed by atoms with van der Waals surface area (Å²) in [5.74, 6) is 0.120. The van der Waals surface area contributed by atoms with Crippen molar-refractivity contribution in [1.29, 1.82) is 0 Å². The Morgan fingerprint density at radius 3 is 2.69 bits per heavy atom. The number of carbonyl (C=O) groups excluding carboxylic acids is 1. The van der Waals surface area contributed by atoms with E-state index in [9.17, 15) is 9.18 Å². The second-order valence-corrected chi connectivity index (χ2v) is 4.23. The van der Waals surface area contributed by atoms with Crippen LogP contribution < -0.4 is 0 Å². The van der Waals surface area contributed by atoms with E-state index < -0.39 is 0 Å². The lowest BCUT2D eigenvalue weighted by Crippen LogP contribution is -2.22. The van der Waals surface area contributed by atoms with Gasteiger partial charge >= 0.3 is 0 Å². The maximum absolute atomic E-state index is 13.2. The minimum Gasteiger partial charge on any atom is -0.300 e. The van der Waals surface area contributed by atoms with E-state index in [-0.39, 0.29) is 17.5 Å². The first-order valence-corrected chi connectivity index (χ1v) is 4.93. The van der Waals surface area contributed by atoms with Crippen molar-refractivity contribution >= 4 is 21.7 Å². The van der Waals surface area contributed by atoms with Gasteiger partial charge in [-0.15, -0.1) is 0 Å². The van der Waals surface area contributed by atoms with Gasteiger partial charge in [0.2, 0.25) is 0 Å². The topological polar surface area (TPSA) is 17.1 Å². The van der Waals surface area contributed by atoms with E-state index in [1.807, 2.05) is 0 Å². The lowest BCUT2D eigenvalue weighted by atomic mass is 9.79. The summed E-state index contributed by atoms with van der Waals surface area (Å²) in [6.07, 6.45) is 0.987. The third-order valence-corrected chi connectivity index (χ3v) is 2.84. The quantitative estimate of drug-likeness (QED) is 0.740. The molecule has 0 unspecified atom stereocenters. The molecule has 0 bridgehead atoms. The van der Waals surface area contributed by atoms with Crippen molar-refractivity contribution in [2.45, 2.75) is 18.8 Å². The molecule has 1 aliphatic carbocycles. The second kappa shape index (κ2) is 3.22. The van der Waals surface area contributed by atoms with Gasteiger partial charge in [-0.3, -0.25) is 4.79 Å². The van der Waals surface area contributed by atoms with E-state index in [0.29, 0.717) is 18.4 Å². The Kier molecular flexibility index (Phi) is 2.20. The normalized spacial score (nSPS) is 17.2. The summed E-state index contributed by atoms with van der Waals surface area (Å²) < 4.78 is 14.1. The Morgan fingerprint density at radius 1 is 1.38 bits per heavy atom. The molecule has 1 fully saturated rings. The largest absolute Gasteiger partial charge is 0.300 e. The highest BCUT2D eigenvalue weighted by atomic mass is 79.9. The third kappa shape index (κ3) is 1.66. The van der Waals surface area contributed by atoms with Gasteiger partial charge in [0.25, 0.3) is 0 Å².